The normalized spacial score (nSPS) is 19.8. The number of carbonyl (C=O) groups excluding carboxylic acids is 1. The van der Waals surface area contributed by atoms with E-state index in [4.69, 9.17) is 0 Å². The average molecular weight is 362 g/mol. The summed E-state index contributed by atoms with van der Waals surface area (Å²) < 4.78 is 1.79. The number of hydrogen-bond donors (Lipinski definition) is 0. The first-order valence-corrected chi connectivity index (χ1v) is 9.56. The summed E-state index contributed by atoms with van der Waals surface area (Å²) in [6.07, 6.45) is 0.985. The van der Waals surface area contributed by atoms with Gasteiger partial charge in [-0.3, -0.25) is 4.79 Å². The summed E-state index contributed by atoms with van der Waals surface area (Å²) in [5.41, 5.74) is 6.51. The molecule has 0 aliphatic carbocycles. The van der Waals surface area contributed by atoms with Crippen molar-refractivity contribution < 1.29 is 4.79 Å². The Kier molecular flexibility index (Phi) is 4.25. The maximum Gasteiger partial charge on any atom is 0.259 e. The molecule has 0 saturated carbocycles. The molecule has 2 atom stereocenters. The molecule has 1 saturated heterocycles. The summed E-state index contributed by atoms with van der Waals surface area (Å²) in [4.78, 5) is 20.0. The first-order chi connectivity index (χ1) is 12.8. The third-order valence-corrected chi connectivity index (χ3v) is 5.67. The van der Waals surface area contributed by atoms with E-state index < -0.39 is 0 Å². The Hall–Kier alpha value is -2.69. The van der Waals surface area contributed by atoms with Gasteiger partial charge < -0.3 is 4.90 Å². The highest BCUT2D eigenvalue weighted by Gasteiger charge is 2.35. The Morgan fingerprint density at radius 3 is 2.52 bits per heavy atom. The van der Waals surface area contributed by atoms with E-state index in [0.717, 1.165) is 30.0 Å². The van der Waals surface area contributed by atoms with Crippen LogP contribution in [0.1, 0.15) is 57.8 Å². The van der Waals surface area contributed by atoms with Gasteiger partial charge in [0, 0.05) is 29.9 Å². The number of likely N-dealkylation sites (tertiary alicyclic amines) is 1. The van der Waals surface area contributed by atoms with Crippen molar-refractivity contribution in [3.05, 3.63) is 64.1 Å². The number of carbonyl (C=O) groups is 1. The zero-order valence-electron chi connectivity index (χ0n) is 16.7. The fourth-order valence-corrected chi connectivity index (χ4v) is 4.22. The second-order valence-corrected chi connectivity index (χ2v) is 7.88. The number of amides is 1. The molecule has 4 rings (SSSR count). The van der Waals surface area contributed by atoms with E-state index >= 15 is 0 Å². The van der Waals surface area contributed by atoms with E-state index in [-0.39, 0.29) is 11.9 Å². The molecular formula is C22H26N4O. The summed E-state index contributed by atoms with van der Waals surface area (Å²) in [6.45, 7) is 10.8. The van der Waals surface area contributed by atoms with Gasteiger partial charge in [-0.25, -0.2) is 9.50 Å². The SMILES string of the molecule is Cc1ccc(C2CC(C)N(C(=O)c3c(C)nn4c(C)cc(C)nc34)C2)cc1. The maximum absolute atomic E-state index is 13.4. The topological polar surface area (TPSA) is 50.5 Å². The lowest BCUT2D eigenvalue weighted by Gasteiger charge is -2.21. The van der Waals surface area contributed by atoms with Crippen LogP contribution >= 0.6 is 0 Å². The number of aryl methyl sites for hydroxylation is 4. The van der Waals surface area contributed by atoms with Crippen LogP contribution in [-0.2, 0) is 0 Å². The monoisotopic (exact) mass is 362 g/mol. The van der Waals surface area contributed by atoms with Gasteiger partial charge >= 0.3 is 0 Å². The Morgan fingerprint density at radius 1 is 1.11 bits per heavy atom. The highest BCUT2D eigenvalue weighted by molar-refractivity contribution is 6.01. The van der Waals surface area contributed by atoms with Crippen LogP contribution < -0.4 is 0 Å². The predicted molar refractivity (Wildman–Crippen MR) is 106 cm³/mol. The van der Waals surface area contributed by atoms with Crippen LogP contribution in [0.15, 0.2) is 30.3 Å². The van der Waals surface area contributed by atoms with Crippen molar-refractivity contribution in [2.24, 2.45) is 0 Å². The minimum absolute atomic E-state index is 0.0436. The molecule has 0 spiro atoms. The highest BCUT2D eigenvalue weighted by atomic mass is 16.2. The third-order valence-electron chi connectivity index (χ3n) is 5.67. The Labute approximate surface area is 160 Å². The predicted octanol–water partition coefficient (Wildman–Crippen LogP) is 3.98. The van der Waals surface area contributed by atoms with Gasteiger partial charge in [-0.15, -0.1) is 0 Å². The smallest absolute Gasteiger partial charge is 0.259 e. The van der Waals surface area contributed by atoms with Crippen LogP contribution in [0.2, 0.25) is 0 Å². The van der Waals surface area contributed by atoms with E-state index in [0.29, 0.717) is 17.1 Å². The van der Waals surface area contributed by atoms with Gasteiger partial charge in [0.2, 0.25) is 0 Å². The first kappa shape index (κ1) is 17.7. The van der Waals surface area contributed by atoms with Gasteiger partial charge in [-0.05, 0) is 52.7 Å². The fourth-order valence-electron chi connectivity index (χ4n) is 4.22. The number of benzene rings is 1. The quantitative estimate of drug-likeness (QED) is 0.693. The summed E-state index contributed by atoms with van der Waals surface area (Å²) in [5.74, 6) is 0.422. The van der Waals surface area contributed by atoms with Crippen molar-refractivity contribution in [2.45, 2.75) is 53.0 Å². The van der Waals surface area contributed by atoms with E-state index in [1.807, 2.05) is 31.7 Å². The van der Waals surface area contributed by atoms with Crippen molar-refractivity contribution in [3.8, 4) is 0 Å². The molecule has 0 radical (unpaired) electrons. The largest absolute Gasteiger partial charge is 0.335 e. The minimum atomic E-state index is 0.0436. The number of hydrogen-bond acceptors (Lipinski definition) is 3. The summed E-state index contributed by atoms with van der Waals surface area (Å²) >= 11 is 0. The molecule has 1 amide bonds. The molecule has 3 aromatic rings. The maximum atomic E-state index is 13.4. The van der Waals surface area contributed by atoms with Crippen LogP contribution in [0.3, 0.4) is 0 Å². The van der Waals surface area contributed by atoms with Crippen molar-refractivity contribution in [3.63, 3.8) is 0 Å². The molecule has 5 heteroatoms. The third kappa shape index (κ3) is 3.01. The lowest BCUT2D eigenvalue weighted by Crippen LogP contribution is -2.34. The molecule has 1 aromatic carbocycles. The van der Waals surface area contributed by atoms with Crippen LogP contribution in [0.5, 0.6) is 0 Å². The van der Waals surface area contributed by atoms with E-state index in [1.54, 1.807) is 4.52 Å². The van der Waals surface area contributed by atoms with Gasteiger partial charge in [0.15, 0.2) is 5.65 Å². The Balaban J connectivity index is 1.68. The second-order valence-electron chi connectivity index (χ2n) is 7.88. The zero-order valence-corrected chi connectivity index (χ0v) is 16.7. The van der Waals surface area contributed by atoms with Crippen molar-refractivity contribution in [2.75, 3.05) is 6.54 Å². The molecule has 1 fully saturated rings. The highest BCUT2D eigenvalue weighted by Crippen LogP contribution is 2.33. The average Bonchev–Trinajstić information content (AvgIpc) is 3.15. The molecule has 140 valence electrons. The lowest BCUT2D eigenvalue weighted by atomic mass is 9.96. The van der Waals surface area contributed by atoms with E-state index in [9.17, 15) is 4.79 Å². The summed E-state index contributed by atoms with van der Waals surface area (Å²) in [6, 6.07) is 10.9. The van der Waals surface area contributed by atoms with Gasteiger partial charge in [0.25, 0.3) is 5.91 Å². The van der Waals surface area contributed by atoms with Crippen molar-refractivity contribution >= 4 is 11.6 Å². The molecule has 5 nitrogen and oxygen atoms in total. The van der Waals surface area contributed by atoms with Gasteiger partial charge in [-0.1, -0.05) is 29.8 Å². The molecule has 27 heavy (non-hydrogen) atoms. The van der Waals surface area contributed by atoms with Crippen molar-refractivity contribution in [1.82, 2.24) is 19.5 Å². The standard InChI is InChI=1S/C22H26N4O/c1-13-6-8-18(9-7-13)19-11-15(3)25(12-19)22(27)20-17(5)24-26-16(4)10-14(2)23-21(20)26/h6-10,15,19H,11-12H2,1-5H3. The molecular weight excluding hydrogens is 336 g/mol. The fraction of sp³-hybridized carbons (Fsp3) is 0.409. The van der Waals surface area contributed by atoms with Crippen LogP contribution in [0.4, 0.5) is 0 Å². The van der Waals surface area contributed by atoms with Crippen LogP contribution in [-0.4, -0.2) is 38.0 Å². The molecule has 3 heterocycles. The van der Waals surface area contributed by atoms with Gasteiger partial charge in [0.05, 0.1) is 5.69 Å². The van der Waals surface area contributed by atoms with Crippen LogP contribution in [0.25, 0.3) is 5.65 Å². The number of nitrogens with zero attached hydrogens (tertiary/aromatic N) is 4. The van der Waals surface area contributed by atoms with Crippen LogP contribution in [0, 0.1) is 27.7 Å². The Bertz CT molecular complexity index is 1020. The molecule has 0 N–H and O–H groups in total. The van der Waals surface area contributed by atoms with E-state index in [1.165, 1.54) is 11.1 Å². The Morgan fingerprint density at radius 2 is 1.81 bits per heavy atom. The molecule has 1 aliphatic rings. The van der Waals surface area contributed by atoms with Gasteiger partial charge in [-0.2, -0.15) is 5.10 Å². The van der Waals surface area contributed by atoms with Crippen molar-refractivity contribution in [1.29, 1.82) is 0 Å². The second kappa shape index (κ2) is 6.48. The lowest BCUT2D eigenvalue weighted by molar-refractivity contribution is 0.0747. The minimum Gasteiger partial charge on any atom is -0.335 e. The number of fused-ring (bicyclic) bond motifs is 1. The number of aromatic nitrogens is 3. The molecule has 1 aliphatic heterocycles. The molecule has 2 unspecified atom stereocenters. The summed E-state index contributed by atoms with van der Waals surface area (Å²) in [7, 11) is 0. The molecule has 0 bridgehead atoms. The number of rotatable bonds is 2. The summed E-state index contributed by atoms with van der Waals surface area (Å²) in [5, 5.41) is 4.56. The first-order valence-electron chi connectivity index (χ1n) is 9.56. The molecule has 2 aromatic heterocycles. The van der Waals surface area contributed by atoms with E-state index in [2.05, 4.69) is 48.2 Å². The van der Waals surface area contributed by atoms with Gasteiger partial charge in [0.1, 0.15) is 5.56 Å². The zero-order chi connectivity index (χ0) is 19.3.